The Morgan fingerprint density at radius 2 is 2.10 bits per heavy atom. The second kappa shape index (κ2) is 7.09. The first-order valence-corrected chi connectivity index (χ1v) is 8.43. The van der Waals surface area contributed by atoms with Crippen LogP contribution in [0.5, 0.6) is 0 Å². The molecule has 1 heterocycles. The van der Waals surface area contributed by atoms with E-state index in [2.05, 4.69) is 34.4 Å². The van der Waals surface area contributed by atoms with Crippen LogP contribution in [0.15, 0.2) is 18.2 Å². The fraction of sp³-hybridized carbons (Fsp3) is 0.533. The van der Waals surface area contributed by atoms with Crippen molar-refractivity contribution in [2.75, 3.05) is 26.7 Å². The molecule has 0 spiro atoms. The minimum atomic E-state index is 0.0678. The average Bonchev–Trinajstić information content (AvgIpc) is 2.48. The van der Waals surface area contributed by atoms with Gasteiger partial charge in [0.2, 0.25) is 0 Å². The molecule has 110 valence electrons. The Bertz CT molecular complexity index is 487. The van der Waals surface area contributed by atoms with Crippen LogP contribution in [-0.4, -0.2) is 48.4 Å². The van der Waals surface area contributed by atoms with Crippen molar-refractivity contribution < 1.29 is 4.79 Å². The molecule has 0 N–H and O–H groups in total. The second-order valence-electron chi connectivity index (χ2n) is 5.21. The Kier molecular flexibility index (Phi) is 5.69. The number of benzene rings is 1. The highest BCUT2D eigenvalue weighted by atomic mass is 127. The smallest absolute Gasteiger partial charge is 0.253 e. The number of halogens is 2. The third kappa shape index (κ3) is 3.65. The lowest BCUT2D eigenvalue weighted by Crippen LogP contribution is -2.45. The third-order valence-electron chi connectivity index (χ3n) is 4.04. The standard InChI is InChI=1S/C15H20ClIN2O/c1-3-19-8-6-12(7-9-19)18(2)15(20)11-4-5-14(17)13(16)10-11/h4-5,10,12H,3,6-9H2,1-2H3. The Morgan fingerprint density at radius 1 is 1.45 bits per heavy atom. The predicted molar refractivity (Wildman–Crippen MR) is 91.4 cm³/mol. The summed E-state index contributed by atoms with van der Waals surface area (Å²) in [6.07, 6.45) is 2.10. The minimum Gasteiger partial charge on any atom is -0.339 e. The summed E-state index contributed by atoms with van der Waals surface area (Å²) in [5.41, 5.74) is 0.677. The average molecular weight is 407 g/mol. The molecule has 1 aromatic rings. The number of carbonyl (C=O) groups is 1. The number of rotatable bonds is 3. The Morgan fingerprint density at radius 3 is 2.65 bits per heavy atom. The lowest BCUT2D eigenvalue weighted by molar-refractivity contribution is 0.0647. The molecule has 1 amide bonds. The summed E-state index contributed by atoms with van der Waals surface area (Å²) >= 11 is 8.27. The molecule has 0 atom stereocenters. The first-order valence-electron chi connectivity index (χ1n) is 6.97. The molecular formula is C15H20ClIN2O. The molecule has 5 heteroatoms. The number of amides is 1. The lowest BCUT2D eigenvalue weighted by Gasteiger charge is -2.36. The van der Waals surface area contributed by atoms with Gasteiger partial charge in [0.25, 0.3) is 5.91 Å². The van der Waals surface area contributed by atoms with Gasteiger partial charge in [-0.05, 0) is 60.2 Å². The van der Waals surface area contributed by atoms with Crippen LogP contribution in [0, 0.1) is 3.57 Å². The molecule has 3 nitrogen and oxygen atoms in total. The van der Waals surface area contributed by atoms with Gasteiger partial charge in [0, 0.05) is 35.3 Å². The molecule has 2 rings (SSSR count). The van der Waals surface area contributed by atoms with Crippen LogP contribution >= 0.6 is 34.2 Å². The van der Waals surface area contributed by atoms with E-state index in [0.29, 0.717) is 16.6 Å². The summed E-state index contributed by atoms with van der Waals surface area (Å²) < 4.78 is 0.972. The normalized spacial score (nSPS) is 17.2. The van der Waals surface area contributed by atoms with Gasteiger partial charge < -0.3 is 9.80 Å². The number of likely N-dealkylation sites (tertiary alicyclic amines) is 1. The van der Waals surface area contributed by atoms with Crippen LogP contribution in [0.4, 0.5) is 0 Å². The first-order chi connectivity index (χ1) is 9.52. The van der Waals surface area contributed by atoms with Crippen LogP contribution in [-0.2, 0) is 0 Å². The van der Waals surface area contributed by atoms with Crippen LogP contribution in [0.2, 0.25) is 5.02 Å². The third-order valence-corrected chi connectivity index (χ3v) is 5.61. The summed E-state index contributed by atoms with van der Waals surface area (Å²) in [5, 5.41) is 0.644. The van der Waals surface area contributed by atoms with E-state index in [-0.39, 0.29) is 5.91 Å². The quantitative estimate of drug-likeness (QED) is 0.717. The van der Waals surface area contributed by atoms with Gasteiger partial charge in [0.15, 0.2) is 0 Å². The van der Waals surface area contributed by atoms with Crippen LogP contribution in [0.25, 0.3) is 0 Å². The number of nitrogens with zero attached hydrogens (tertiary/aromatic N) is 2. The van der Waals surface area contributed by atoms with Crippen LogP contribution in [0.3, 0.4) is 0 Å². The molecular weight excluding hydrogens is 387 g/mol. The molecule has 0 bridgehead atoms. The van der Waals surface area contributed by atoms with Crippen molar-refractivity contribution in [3.63, 3.8) is 0 Å². The summed E-state index contributed by atoms with van der Waals surface area (Å²) in [6.45, 7) is 5.43. The molecule has 0 aromatic heterocycles. The summed E-state index contributed by atoms with van der Waals surface area (Å²) in [4.78, 5) is 16.8. The zero-order chi connectivity index (χ0) is 14.7. The number of piperidine rings is 1. The van der Waals surface area contributed by atoms with Crippen molar-refractivity contribution in [2.45, 2.75) is 25.8 Å². The van der Waals surface area contributed by atoms with Crippen molar-refractivity contribution in [1.29, 1.82) is 0 Å². The van der Waals surface area contributed by atoms with Gasteiger partial charge in [0.1, 0.15) is 0 Å². The maximum absolute atomic E-state index is 12.5. The summed E-state index contributed by atoms with van der Waals surface area (Å²) in [6, 6.07) is 5.85. The van der Waals surface area contributed by atoms with E-state index in [9.17, 15) is 4.79 Å². The van der Waals surface area contributed by atoms with Crippen molar-refractivity contribution in [2.24, 2.45) is 0 Å². The second-order valence-corrected chi connectivity index (χ2v) is 6.78. The molecule has 1 aliphatic rings. The Labute approximate surface area is 139 Å². The highest BCUT2D eigenvalue weighted by molar-refractivity contribution is 14.1. The highest BCUT2D eigenvalue weighted by Crippen LogP contribution is 2.22. The molecule has 0 unspecified atom stereocenters. The van der Waals surface area contributed by atoms with Gasteiger partial charge in [-0.2, -0.15) is 0 Å². The van der Waals surface area contributed by atoms with Crippen molar-refractivity contribution >= 4 is 40.1 Å². The Balaban J connectivity index is 2.03. The first kappa shape index (κ1) is 16.0. The molecule has 20 heavy (non-hydrogen) atoms. The van der Waals surface area contributed by atoms with Crippen LogP contribution < -0.4 is 0 Å². The molecule has 0 saturated carbocycles. The van der Waals surface area contributed by atoms with Gasteiger partial charge in [0.05, 0.1) is 5.02 Å². The van der Waals surface area contributed by atoms with E-state index in [0.717, 1.165) is 36.0 Å². The lowest BCUT2D eigenvalue weighted by atomic mass is 10.0. The topological polar surface area (TPSA) is 23.6 Å². The van der Waals surface area contributed by atoms with Gasteiger partial charge in [-0.3, -0.25) is 4.79 Å². The van der Waals surface area contributed by atoms with E-state index in [1.807, 2.05) is 24.1 Å². The van der Waals surface area contributed by atoms with E-state index in [4.69, 9.17) is 11.6 Å². The van der Waals surface area contributed by atoms with Crippen LogP contribution in [0.1, 0.15) is 30.1 Å². The van der Waals surface area contributed by atoms with Gasteiger partial charge in [-0.1, -0.05) is 18.5 Å². The van der Waals surface area contributed by atoms with Crippen molar-refractivity contribution in [1.82, 2.24) is 9.80 Å². The van der Waals surface area contributed by atoms with Crippen molar-refractivity contribution in [3.8, 4) is 0 Å². The fourth-order valence-corrected chi connectivity index (χ4v) is 3.14. The highest BCUT2D eigenvalue weighted by Gasteiger charge is 2.25. The SMILES string of the molecule is CCN1CCC(N(C)C(=O)c2ccc(I)c(Cl)c2)CC1. The van der Waals surface area contributed by atoms with E-state index in [1.54, 1.807) is 6.07 Å². The molecule has 0 aliphatic carbocycles. The molecule has 0 radical (unpaired) electrons. The summed E-state index contributed by atoms with van der Waals surface area (Å²) in [7, 11) is 1.90. The Hall–Kier alpha value is -0.330. The largest absolute Gasteiger partial charge is 0.339 e. The molecule has 1 aromatic carbocycles. The monoisotopic (exact) mass is 406 g/mol. The maximum atomic E-state index is 12.5. The van der Waals surface area contributed by atoms with E-state index in [1.165, 1.54) is 0 Å². The predicted octanol–water partition coefficient (Wildman–Crippen LogP) is 3.50. The molecule has 1 fully saturated rings. The molecule has 1 saturated heterocycles. The number of hydrogen-bond acceptors (Lipinski definition) is 2. The number of carbonyl (C=O) groups excluding carboxylic acids is 1. The summed E-state index contributed by atoms with van der Waals surface area (Å²) in [5.74, 6) is 0.0678. The van der Waals surface area contributed by atoms with E-state index >= 15 is 0 Å². The zero-order valence-corrected chi connectivity index (χ0v) is 14.8. The van der Waals surface area contributed by atoms with Gasteiger partial charge in [-0.15, -0.1) is 0 Å². The van der Waals surface area contributed by atoms with Crippen molar-refractivity contribution in [3.05, 3.63) is 32.4 Å². The maximum Gasteiger partial charge on any atom is 0.253 e. The van der Waals surface area contributed by atoms with E-state index < -0.39 is 0 Å². The number of hydrogen-bond donors (Lipinski definition) is 0. The fourth-order valence-electron chi connectivity index (χ4n) is 2.62. The zero-order valence-electron chi connectivity index (χ0n) is 11.9. The van der Waals surface area contributed by atoms with Gasteiger partial charge in [-0.25, -0.2) is 0 Å². The molecule has 1 aliphatic heterocycles. The van der Waals surface area contributed by atoms with Gasteiger partial charge >= 0.3 is 0 Å². The minimum absolute atomic E-state index is 0.0678.